The maximum atomic E-state index is 14.4. The van der Waals surface area contributed by atoms with Gasteiger partial charge in [-0.1, -0.05) is 66.7 Å². The van der Waals surface area contributed by atoms with E-state index in [1.807, 2.05) is 60.8 Å². The largest absolute Gasteiger partial charge is 0.345 e. The van der Waals surface area contributed by atoms with Crippen molar-refractivity contribution in [2.75, 3.05) is 6.54 Å². The Kier molecular flexibility index (Phi) is 7.68. The van der Waals surface area contributed by atoms with Crippen LogP contribution in [0.25, 0.3) is 0 Å². The lowest BCUT2D eigenvalue weighted by Gasteiger charge is -2.28. The standard InChI is InChI=1S/C32H32FN3O2/c1-24-10-5-6-13-26(24)21-34-19-9-14-28(34)22-35(20-25-11-3-2-4-12-25)31(37)23-36(27-17-18-27)32(38)29-15-7-8-16-30(29)33/h2-16,19,27H,17-18,20-23H2,1H3. The van der Waals surface area contributed by atoms with Gasteiger partial charge in [-0.3, -0.25) is 9.59 Å². The van der Waals surface area contributed by atoms with Crippen molar-refractivity contribution in [2.45, 2.75) is 45.4 Å². The van der Waals surface area contributed by atoms with Gasteiger partial charge in [0.2, 0.25) is 5.91 Å². The summed E-state index contributed by atoms with van der Waals surface area (Å²) in [4.78, 5) is 30.4. The Hall–Kier alpha value is -4.19. The van der Waals surface area contributed by atoms with Crippen LogP contribution in [0.15, 0.2) is 97.2 Å². The third-order valence-electron chi connectivity index (χ3n) is 7.11. The Morgan fingerprint density at radius 2 is 1.58 bits per heavy atom. The average Bonchev–Trinajstić information content (AvgIpc) is 3.68. The van der Waals surface area contributed by atoms with Gasteiger partial charge in [0, 0.05) is 31.0 Å². The van der Waals surface area contributed by atoms with Crippen LogP contribution in [-0.4, -0.2) is 38.8 Å². The third kappa shape index (κ3) is 6.02. The Labute approximate surface area is 223 Å². The summed E-state index contributed by atoms with van der Waals surface area (Å²) < 4.78 is 16.6. The second-order valence-corrected chi connectivity index (χ2v) is 9.93. The molecule has 1 fully saturated rings. The molecule has 38 heavy (non-hydrogen) atoms. The molecule has 0 aliphatic heterocycles. The predicted octanol–water partition coefficient (Wildman–Crippen LogP) is 5.82. The Balaban J connectivity index is 1.38. The highest BCUT2D eigenvalue weighted by Crippen LogP contribution is 2.29. The van der Waals surface area contributed by atoms with Gasteiger partial charge >= 0.3 is 0 Å². The molecule has 4 aromatic rings. The van der Waals surface area contributed by atoms with E-state index in [9.17, 15) is 14.0 Å². The van der Waals surface area contributed by atoms with Gasteiger partial charge in [0.25, 0.3) is 5.91 Å². The van der Waals surface area contributed by atoms with Gasteiger partial charge in [-0.25, -0.2) is 4.39 Å². The van der Waals surface area contributed by atoms with Crippen LogP contribution in [0.2, 0.25) is 0 Å². The van der Waals surface area contributed by atoms with Crippen LogP contribution in [0, 0.1) is 12.7 Å². The summed E-state index contributed by atoms with van der Waals surface area (Å²) in [6.45, 7) is 3.55. The average molecular weight is 510 g/mol. The molecule has 0 bridgehead atoms. The zero-order valence-electron chi connectivity index (χ0n) is 21.6. The number of halogens is 1. The van der Waals surface area contributed by atoms with Gasteiger partial charge < -0.3 is 14.4 Å². The van der Waals surface area contributed by atoms with Gasteiger partial charge in [-0.2, -0.15) is 0 Å². The summed E-state index contributed by atoms with van der Waals surface area (Å²) >= 11 is 0. The van der Waals surface area contributed by atoms with E-state index < -0.39 is 11.7 Å². The van der Waals surface area contributed by atoms with Gasteiger partial charge in [0.05, 0.1) is 12.1 Å². The van der Waals surface area contributed by atoms with Crippen molar-refractivity contribution < 1.29 is 14.0 Å². The van der Waals surface area contributed by atoms with Gasteiger partial charge in [0.15, 0.2) is 0 Å². The molecule has 5 nitrogen and oxygen atoms in total. The second kappa shape index (κ2) is 11.5. The number of benzene rings is 3. The Bertz CT molecular complexity index is 1410. The molecule has 1 aliphatic carbocycles. The molecule has 0 spiro atoms. The number of carbonyl (C=O) groups excluding carboxylic acids is 2. The molecule has 3 aromatic carbocycles. The highest BCUT2D eigenvalue weighted by molar-refractivity contribution is 5.97. The zero-order chi connectivity index (χ0) is 26.5. The van der Waals surface area contributed by atoms with Crippen molar-refractivity contribution in [3.05, 3.63) is 131 Å². The molecule has 0 saturated heterocycles. The van der Waals surface area contributed by atoms with E-state index >= 15 is 0 Å². The number of amides is 2. The van der Waals surface area contributed by atoms with Crippen LogP contribution in [0.5, 0.6) is 0 Å². The topological polar surface area (TPSA) is 45.6 Å². The minimum Gasteiger partial charge on any atom is -0.345 e. The first-order valence-electron chi connectivity index (χ1n) is 13.1. The summed E-state index contributed by atoms with van der Waals surface area (Å²) in [5, 5.41) is 0. The molecule has 2 amide bonds. The molecule has 1 saturated carbocycles. The minimum absolute atomic E-state index is 0.00826. The maximum absolute atomic E-state index is 14.4. The monoisotopic (exact) mass is 509 g/mol. The van der Waals surface area contributed by atoms with Crippen molar-refractivity contribution >= 4 is 11.8 Å². The summed E-state index contributed by atoms with van der Waals surface area (Å²) in [7, 11) is 0. The fourth-order valence-corrected chi connectivity index (χ4v) is 4.74. The summed E-state index contributed by atoms with van der Waals surface area (Å²) in [5.74, 6) is -1.15. The highest BCUT2D eigenvalue weighted by Gasteiger charge is 2.36. The lowest BCUT2D eigenvalue weighted by molar-refractivity contribution is -0.133. The van der Waals surface area contributed by atoms with Crippen molar-refractivity contribution in [1.82, 2.24) is 14.4 Å². The number of aromatic nitrogens is 1. The number of hydrogen-bond donors (Lipinski definition) is 0. The lowest BCUT2D eigenvalue weighted by Crippen LogP contribution is -2.44. The Morgan fingerprint density at radius 1 is 0.868 bits per heavy atom. The van der Waals surface area contributed by atoms with Crippen LogP contribution >= 0.6 is 0 Å². The molecular weight excluding hydrogens is 477 g/mol. The van der Waals surface area contributed by atoms with Gasteiger partial charge in [0.1, 0.15) is 12.4 Å². The zero-order valence-corrected chi connectivity index (χ0v) is 21.6. The van der Waals surface area contributed by atoms with E-state index in [1.54, 1.807) is 21.9 Å². The van der Waals surface area contributed by atoms with Crippen molar-refractivity contribution in [3.8, 4) is 0 Å². The predicted molar refractivity (Wildman–Crippen MR) is 146 cm³/mol. The van der Waals surface area contributed by atoms with Crippen molar-refractivity contribution in [1.29, 1.82) is 0 Å². The first-order valence-corrected chi connectivity index (χ1v) is 13.1. The first kappa shape index (κ1) is 25.5. The van der Waals surface area contributed by atoms with Crippen molar-refractivity contribution in [3.63, 3.8) is 0 Å². The van der Waals surface area contributed by atoms with E-state index in [2.05, 4.69) is 23.6 Å². The molecule has 5 rings (SSSR count). The molecule has 0 atom stereocenters. The summed E-state index contributed by atoms with van der Waals surface area (Å²) in [6.07, 6.45) is 3.68. The van der Waals surface area contributed by atoms with Crippen LogP contribution in [0.4, 0.5) is 4.39 Å². The number of aryl methyl sites for hydroxylation is 1. The number of nitrogens with zero attached hydrogens (tertiary/aromatic N) is 3. The number of hydrogen-bond acceptors (Lipinski definition) is 2. The maximum Gasteiger partial charge on any atom is 0.257 e. The molecule has 194 valence electrons. The van der Waals surface area contributed by atoms with Crippen LogP contribution in [0.3, 0.4) is 0 Å². The Morgan fingerprint density at radius 3 is 2.32 bits per heavy atom. The van der Waals surface area contributed by atoms with Crippen LogP contribution in [0.1, 0.15) is 45.6 Å². The molecular formula is C32H32FN3O2. The summed E-state index contributed by atoms with van der Waals surface area (Å²) in [5.41, 5.74) is 4.47. The third-order valence-corrected chi connectivity index (χ3v) is 7.11. The second-order valence-electron chi connectivity index (χ2n) is 9.93. The van der Waals surface area contributed by atoms with Crippen molar-refractivity contribution in [2.24, 2.45) is 0 Å². The van der Waals surface area contributed by atoms with E-state index in [-0.39, 0.29) is 24.1 Å². The lowest BCUT2D eigenvalue weighted by atomic mass is 10.1. The molecule has 1 aromatic heterocycles. The number of carbonyl (C=O) groups is 2. The minimum atomic E-state index is -0.564. The van der Waals surface area contributed by atoms with Crippen LogP contribution in [-0.2, 0) is 24.4 Å². The highest BCUT2D eigenvalue weighted by atomic mass is 19.1. The van der Waals surface area contributed by atoms with E-state index in [0.29, 0.717) is 19.6 Å². The smallest absolute Gasteiger partial charge is 0.257 e. The number of rotatable bonds is 10. The normalized spacial score (nSPS) is 12.8. The molecule has 0 unspecified atom stereocenters. The fourth-order valence-electron chi connectivity index (χ4n) is 4.74. The molecule has 0 N–H and O–H groups in total. The molecule has 6 heteroatoms. The van der Waals surface area contributed by atoms with Gasteiger partial charge in [-0.15, -0.1) is 0 Å². The first-order chi connectivity index (χ1) is 18.5. The van der Waals surface area contributed by atoms with E-state index in [4.69, 9.17) is 0 Å². The van der Waals surface area contributed by atoms with E-state index in [0.717, 1.165) is 24.1 Å². The molecule has 1 heterocycles. The fraction of sp³-hybridized carbons (Fsp3) is 0.250. The molecule has 1 aliphatic rings. The van der Waals surface area contributed by atoms with Crippen LogP contribution < -0.4 is 0 Å². The van der Waals surface area contributed by atoms with E-state index in [1.165, 1.54) is 23.3 Å². The van der Waals surface area contributed by atoms with Gasteiger partial charge in [-0.05, 0) is 60.7 Å². The quantitative estimate of drug-likeness (QED) is 0.271. The molecule has 0 radical (unpaired) electrons. The summed E-state index contributed by atoms with van der Waals surface area (Å²) in [6, 6.07) is 28.1. The SMILES string of the molecule is Cc1ccccc1Cn1cccc1CN(Cc1ccccc1)C(=O)CN(C(=O)c1ccccc1F)C1CC1.